The normalized spacial score (nSPS) is 10.2. The van der Waals surface area contributed by atoms with Crippen LogP contribution in [0, 0.1) is 0 Å². The number of halogens is 1. The van der Waals surface area contributed by atoms with Crippen molar-refractivity contribution in [1.82, 2.24) is 4.98 Å². The Morgan fingerprint density at radius 2 is 1.72 bits per heavy atom. The molecule has 0 aliphatic heterocycles. The van der Waals surface area contributed by atoms with E-state index in [1.165, 1.54) is 16.5 Å². The third-order valence-corrected chi connectivity index (χ3v) is 3.09. The highest BCUT2D eigenvalue weighted by molar-refractivity contribution is 5.82. The van der Waals surface area contributed by atoms with Gasteiger partial charge in [-0.2, -0.15) is 0 Å². The zero-order chi connectivity index (χ0) is 11.5. The van der Waals surface area contributed by atoms with Gasteiger partial charge in [-0.1, -0.05) is 24.3 Å². The van der Waals surface area contributed by atoms with Crippen molar-refractivity contribution in [1.29, 1.82) is 0 Å². The van der Waals surface area contributed by atoms with Crippen LogP contribution in [0.2, 0.25) is 0 Å². The number of aromatic amines is 1. The van der Waals surface area contributed by atoms with Gasteiger partial charge in [-0.15, -0.1) is 0 Å². The van der Waals surface area contributed by atoms with E-state index in [0.29, 0.717) is 0 Å². The highest BCUT2D eigenvalue weighted by atomic mass is 35.5. The van der Waals surface area contributed by atoms with Crippen LogP contribution in [0.1, 0.15) is 5.56 Å². The number of nitrogens with one attached hydrogen (secondary N) is 1. The maximum atomic E-state index is 3.32. The fourth-order valence-electron chi connectivity index (χ4n) is 2.17. The lowest BCUT2D eigenvalue weighted by Crippen LogP contribution is -3.00. The molecule has 18 heavy (non-hydrogen) atoms. The van der Waals surface area contributed by atoms with Gasteiger partial charge in [0.05, 0.1) is 0 Å². The van der Waals surface area contributed by atoms with Gasteiger partial charge in [0, 0.05) is 35.7 Å². The molecule has 3 heteroatoms. The third kappa shape index (κ3) is 2.54. The van der Waals surface area contributed by atoms with E-state index in [0.717, 1.165) is 13.0 Å². The maximum absolute atomic E-state index is 3.32. The van der Waals surface area contributed by atoms with Gasteiger partial charge in [0.15, 0.2) is 18.9 Å². The molecule has 0 aliphatic rings. The Labute approximate surface area is 113 Å². The maximum Gasteiger partial charge on any atom is 0.168 e. The molecule has 0 atom stereocenters. The summed E-state index contributed by atoms with van der Waals surface area (Å²) in [6.45, 7) is 1.02. The summed E-state index contributed by atoms with van der Waals surface area (Å²) in [5.41, 5.74) is 2.61. The second-order valence-electron chi connectivity index (χ2n) is 4.22. The van der Waals surface area contributed by atoms with Crippen LogP contribution in [0.25, 0.3) is 10.9 Å². The molecule has 2 heterocycles. The average Bonchev–Trinajstić information content (AvgIpc) is 2.81. The number of rotatable bonds is 3. The number of pyridine rings is 1. The zero-order valence-electron chi connectivity index (χ0n) is 10.0. The molecule has 0 amide bonds. The van der Waals surface area contributed by atoms with Gasteiger partial charge in [-0.05, 0) is 11.6 Å². The van der Waals surface area contributed by atoms with Gasteiger partial charge in [0.2, 0.25) is 0 Å². The van der Waals surface area contributed by atoms with Crippen molar-refractivity contribution in [2.24, 2.45) is 0 Å². The van der Waals surface area contributed by atoms with E-state index in [4.69, 9.17) is 0 Å². The smallest absolute Gasteiger partial charge is 0.168 e. The SMILES string of the molecule is [Cl-].c1cc[n+](CCc2c[nH]c3ccccc23)cc1. The molecule has 0 spiro atoms. The van der Waals surface area contributed by atoms with Gasteiger partial charge in [-0.25, -0.2) is 4.57 Å². The van der Waals surface area contributed by atoms with Crippen molar-refractivity contribution in [3.8, 4) is 0 Å². The summed E-state index contributed by atoms with van der Waals surface area (Å²) in [5.74, 6) is 0. The minimum atomic E-state index is 0. The van der Waals surface area contributed by atoms with Gasteiger partial charge >= 0.3 is 0 Å². The van der Waals surface area contributed by atoms with Gasteiger partial charge in [-0.3, -0.25) is 0 Å². The lowest BCUT2D eigenvalue weighted by atomic mass is 10.1. The average molecular weight is 259 g/mol. The van der Waals surface area contributed by atoms with E-state index in [-0.39, 0.29) is 12.4 Å². The highest BCUT2D eigenvalue weighted by Crippen LogP contribution is 2.17. The largest absolute Gasteiger partial charge is 1.00 e. The summed E-state index contributed by atoms with van der Waals surface area (Å²) in [6.07, 6.45) is 7.39. The van der Waals surface area contributed by atoms with Gasteiger partial charge < -0.3 is 17.4 Å². The van der Waals surface area contributed by atoms with E-state index in [9.17, 15) is 0 Å². The second-order valence-corrected chi connectivity index (χ2v) is 4.22. The Bertz CT molecular complexity index is 616. The minimum absolute atomic E-state index is 0. The number of aromatic nitrogens is 2. The molecule has 0 saturated heterocycles. The molecule has 0 saturated carbocycles. The first kappa shape index (κ1) is 12.7. The van der Waals surface area contributed by atoms with Crippen molar-refractivity contribution in [3.63, 3.8) is 0 Å². The molecule has 0 aliphatic carbocycles. The molecule has 0 unspecified atom stereocenters. The third-order valence-electron chi connectivity index (χ3n) is 3.09. The molecule has 3 aromatic rings. The summed E-state index contributed by atoms with van der Waals surface area (Å²) in [5, 5.41) is 1.34. The predicted molar refractivity (Wildman–Crippen MR) is 68.6 cm³/mol. The number of benzene rings is 1. The molecule has 0 fully saturated rings. The Hall–Kier alpha value is -1.80. The monoisotopic (exact) mass is 258 g/mol. The molecule has 0 radical (unpaired) electrons. The van der Waals surface area contributed by atoms with Crippen molar-refractivity contribution < 1.29 is 17.0 Å². The van der Waals surface area contributed by atoms with Crippen molar-refractivity contribution in [3.05, 3.63) is 66.6 Å². The first-order chi connectivity index (χ1) is 8.43. The zero-order valence-corrected chi connectivity index (χ0v) is 10.8. The quantitative estimate of drug-likeness (QED) is 0.623. The van der Waals surface area contributed by atoms with Gasteiger partial charge in [0.1, 0.15) is 0 Å². The van der Waals surface area contributed by atoms with E-state index < -0.39 is 0 Å². The van der Waals surface area contributed by atoms with E-state index in [1.54, 1.807) is 0 Å². The van der Waals surface area contributed by atoms with Gasteiger partial charge in [0.25, 0.3) is 0 Å². The number of fused-ring (bicyclic) bond motifs is 1. The Morgan fingerprint density at radius 3 is 2.56 bits per heavy atom. The number of aryl methyl sites for hydroxylation is 2. The van der Waals surface area contributed by atoms with Crippen LogP contribution in [-0.4, -0.2) is 4.98 Å². The number of nitrogens with zero attached hydrogens (tertiary/aromatic N) is 1. The summed E-state index contributed by atoms with van der Waals surface area (Å²) >= 11 is 0. The summed E-state index contributed by atoms with van der Waals surface area (Å²) in [4.78, 5) is 3.32. The topological polar surface area (TPSA) is 19.7 Å². The lowest BCUT2D eigenvalue weighted by Gasteiger charge is -1.96. The molecule has 2 nitrogen and oxygen atoms in total. The molecular weight excluding hydrogens is 244 g/mol. The first-order valence-electron chi connectivity index (χ1n) is 5.92. The predicted octanol–water partition coefficient (Wildman–Crippen LogP) is -0.298. The minimum Gasteiger partial charge on any atom is -1.00 e. The van der Waals surface area contributed by atoms with Crippen molar-refractivity contribution >= 4 is 10.9 Å². The van der Waals surface area contributed by atoms with Crippen LogP contribution in [0.15, 0.2) is 61.1 Å². The molecular formula is C15H15ClN2. The number of para-hydroxylation sites is 1. The van der Waals surface area contributed by atoms with Crippen LogP contribution >= 0.6 is 0 Å². The second kappa shape index (κ2) is 5.69. The fourth-order valence-corrected chi connectivity index (χ4v) is 2.17. The molecule has 0 bridgehead atoms. The Kier molecular flexibility index (Phi) is 4.00. The first-order valence-corrected chi connectivity index (χ1v) is 5.92. The fraction of sp³-hybridized carbons (Fsp3) is 0.133. The van der Waals surface area contributed by atoms with Crippen molar-refractivity contribution in [2.75, 3.05) is 0 Å². The highest BCUT2D eigenvalue weighted by Gasteiger charge is 2.05. The molecule has 92 valence electrons. The van der Waals surface area contributed by atoms with Crippen molar-refractivity contribution in [2.45, 2.75) is 13.0 Å². The number of hydrogen-bond donors (Lipinski definition) is 1. The Morgan fingerprint density at radius 1 is 0.944 bits per heavy atom. The standard InChI is InChI=1S/C15H15N2.ClH/c1-4-9-17(10-5-1)11-8-13-12-16-15-7-3-2-6-14(13)15;/h1-7,9-10,12,16H,8,11H2;1H/q+1;/p-1. The summed E-state index contributed by atoms with van der Waals surface area (Å²) < 4.78 is 2.21. The van der Waals surface area contributed by atoms with Crippen LogP contribution in [0.5, 0.6) is 0 Å². The summed E-state index contributed by atoms with van der Waals surface area (Å²) in [7, 11) is 0. The Balaban J connectivity index is 0.00000120. The van der Waals surface area contributed by atoms with E-state index in [1.807, 2.05) is 6.07 Å². The van der Waals surface area contributed by atoms with Crippen LogP contribution < -0.4 is 17.0 Å². The molecule has 2 aromatic heterocycles. The molecule has 3 rings (SSSR count). The molecule has 1 aromatic carbocycles. The number of H-pyrrole nitrogens is 1. The molecule has 1 N–H and O–H groups in total. The lowest BCUT2D eigenvalue weighted by molar-refractivity contribution is -0.696. The van der Waals surface area contributed by atoms with Crippen LogP contribution in [-0.2, 0) is 13.0 Å². The number of hydrogen-bond acceptors (Lipinski definition) is 0. The summed E-state index contributed by atoms with van der Waals surface area (Å²) in [6, 6.07) is 14.6. The van der Waals surface area contributed by atoms with Crippen LogP contribution in [0.3, 0.4) is 0 Å². The van der Waals surface area contributed by atoms with E-state index in [2.05, 4.69) is 64.5 Å². The van der Waals surface area contributed by atoms with Crippen LogP contribution in [0.4, 0.5) is 0 Å². The van der Waals surface area contributed by atoms with E-state index >= 15 is 0 Å².